The van der Waals surface area contributed by atoms with E-state index in [9.17, 15) is 5.11 Å². The van der Waals surface area contributed by atoms with E-state index >= 15 is 0 Å². The van der Waals surface area contributed by atoms with E-state index < -0.39 is 0 Å². The van der Waals surface area contributed by atoms with Gasteiger partial charge in [-0.25, -0.2) is 9.97 Å². The van der Waals surface area contributed by atoms with Crippen LogP contribution in [0.2, 0.25) is 0 Å². The van der Waals surface area contributed by atoms with Crippen LogP contribution in [0.1, 0.15) is 0 Å². The lowest BCUT2D eigenvalue weighted by atomic mass is 9.96. The second-order valence-electron chi connectivity index (χ2n) is 12.1. The van der Waals surface area contributed by atoms with Gasteiger partial charge in [0.1, 0.15) is 11.4 Å². The molecule has 0 saturated heterocycles. The van der Waals surface area contributed by atoms with Crippen LogP contribution in [0.5, 0.6) is 5.75 Å². The maximum atomic E-state index is 11.2. The fourth-order valence-corrected chi connectivity index (χ4v) is 6.76. The third kappa shape index (κ3) is 4.79. The summed E-state index contributed by atoms with van der Waals surface area (Å²) < 4.78 is 2.22. The first-order valence-electron chi connectivity index (χ1n) is 16.0. The van der Waals surface area contributed by atoms with Gasteiger partial charge in [-0.15, -0.1) is 0 Å². The molecule has 4 heteroatoms. The number of fused-ring (bicyclic) bond motifs is 4. The summed E-state index contributed by atoms with van der Waals surface area (Å²) in [5.41, 5.74) is 10.4. The first-order valence-corrected chi connectivity index (χ1v) is 16.0. The Balaban J connectivity index is 1.25. The van der Waals surface area contributed by atoms with Crippen molar-refractivity contribution in [1.29, 1.82) is 0 Å². The van der Waals surface area contributed by atoms with Crippen LogP contribution in [0.15, 0.2) is 170 Å². The fraction of sp³-hybridized carbons (Fsp3) is 0. The molecule has 0 aliphatic heterocycles. The minimum atomic E-state index is 0.189. The lowest BCUT2D eigenvalue weighted by molar-refractivity contribution is 0.477. The van der Waals surface area contributed by atoms with E-state index in [0.29, 0.717) is 11.3 Å². The zero-order valence-electron chi connectivity index (χ0n) is 26.0. The standard InChI is InChI=1S/C44H29N3O/c48-43-22-21-33(29-10-2-1-3-11-29)26-39(43)41-28-35(32-20-19-30-12-4-5-13-31(30)24-32)27-40(46-41)34-14-8-15-36(25-34)47-42-18-7-6-16-37(42)38-17-9-23-45-44(38)47/h1-28,48H. The predicted molar refractivity (Wildman–Crippen MR) is 197 cm³/mol. The predicted octanol–water partition coefficient (Wildman–Crippen LogP) is 11.1. The maximum Gasteiger partial charge on any atom is 0.145 e. The van der Waals surface area contributed by atoms with Crippen molar-refractivity contribution in [3.05, 3.63) is 170 Å². The third-order valence-corrected chi connectivity index (χ3v) is 9.12. The zero-order valence-corrected chi connectivity index (χ0v) is 26.0. The van der Waals surface area contributed by atoms with E-state index in [2.05, 4.69) is 126 Å². The van der Waals surface area contributed by atoms with Crippen LogP contribution in [0, 0.1) is 0 Å². The molecule has 226 valence electrons. The van der Waals surface area contributed by atoms with Gasteiger partial charge in [-0.3, -0.25) is 4.57 Å². The summed E-state index contributed by atoms with van der Waals surface area (Å²) in [6.45, 7) is 0. The summed E-state index contributed by atoms with van der Waals surface area (Å²) in [6, 6.07) is 56.1. The number of pyridine rings is 2. The lowest BCUT2D eigenvalue weighted by Gasteiger charge is -2.14. The van der Waals surface area contributed by atoms with E-state index in [0.717, 1.165) is 55.7 Å². The van der Waals surface area contributed by atoms with Crippen LogP contribution in [0.25, 0.3) is 83.2 Å². The van der Waals surface area contributed by atoms with E-state index in [1.807, 2.05) is 42.6 Å². The number of phenols is 1. The molecule has 9 rings (SSSR count). The fourth-order valence-electron chi connectivity index (χ4n) is 6.76. The van der Waals surface area contributed by atoms with Gasteiger partial charge in [-0.05, 0) is 93.7 Å². The summed E-state index contributed by atoms with van der Waals surface area (Å²) in [5, 5.41) is 15.9. The summed E-state index contributed by atoms with van der Waals surface area (Å²) in [6.07, 6.45) is 1.85. The molecule has 0 amide bonds. The van der Waals surface area contributed by atoms with Gasteiger partial charge in [0, 0.05) is 33.8 Å². The number of nitrogens with zero attached hydrogens (tertiary/aromatic N) is 3. The van der Waals surface area contributed by atoms with Crippen molar-refractivity contribution >= 4 is 32.7 Å². The van der Waals surface area contributed by atoms with Gasteiger partial charge in [0.15, 0.2) is 0 Å². The van der Waals surface area contributed by atoms with Crippen LogP contribution < -0.4 is 0 Å². The largest absolute Gasteiger partial charge is 0.507 e. The third-order valence-electron chi connectivity index (χ3n) is 9.12. The topological polar surface area (TPSA) is 50.9 Å². The number of hydrogen-bond donors (Lipinski definition) is 1. The van der Waals surface area contributed by atoms with Crippen LogP contribution in [-0.4, -0.2) is 19.6 Å². The van der Waals surface area contributed by atoms with Gasteiger partial charge in [0.25, 0.3) is 0 Å². The molecule has 0 spiro atoms. The highest BCUT2D eigenvalue weighted by Crippen LogP contribution is 2.38. The molecule has 48 heavy (non-hydrogen) atoms. The summed E-state index contributed by atoms with van der Waals surface area (Å²) in [5.74, 6) is 0.189. The van der Waals surface area contributed by atoms with E-state index in [1.165, 1.54) is 16.2 Å². The molecule has 6 aromatic carbocycles. The Hall–Kier alpha value is -6.52. The summed E-state index contributed by atoms with van der Waals surface area (Å²) >= 11 is 0. The second kappa shape index (κ2) is 11.4. The molecular weight excluding hydrogens is 587 g/mol. The van der Waals surface area contributed by atoms with Crippen molar-refractivity contribution in [2.24, 2.45) is 0 Å². The van der Waals surface area contributed by atoms with Crippen molar-refractivity contribution in [3.63, 3.8) is 0 Å². The van der Waals surface area contributed by atoms with Crippen molar-refractivity contribution in [2.45, 2.75) is 0 Å². The molecule has 0 bridgehead atoms. The number of hydrogen-bond acceptors (Lipinski definition) is 3. The number of aromatic hydroxyl groups is 1. The minimum absolute atomic E-state index is 0.189. The molecule has 0 fully saturated rings. The van der Waals surface area contributed by atoms with Gasteiger partial charge in [-0.2, -0.15) is 0 Å². The van der Waals surface area contributed by atoms with Crippen LogP contribution in [0.3, 0.4) is 0 Å². The number of para-hydroxylation sites is 1. The van der Waals surface area contributed by atoms with Gasteiger partial charge in [0.2, 0.25) is 0 Å². The average Bonchev–Trinajstić information content (AvgIpc) is 3.49. The molecule has 9 aromatic rings. The highest BCUT2D eigenvalue weighted by atomic mass is 16.3. The van der Waals surface area contributed by atoms with Crippen molar-refractivity contribution in [2.75, 3.05) is 0 Å². The minimum Gasteiger partial charge on any atom is -0.507 e. The normalized spacial score (nSPS) is 11.4. The Morgan fingerprint density at radius 2 is 1.19 bits per heavy atom. The van der Waals surface area contributed by atoms with Crippen molar-refractivity contribution in [1.82, 2.24) is 14.5 Å². The van der Waals surface area contributed by atoms with Crippen molar-refractivity contribution < 1.29 is 5.11 Å². The zero-order chi connectivity index (χ0) is 32.0. The molecule has 0 atom stereocenters. The van der Waals surface area contributed by atoms with Crippen LogP contribution in [0.4, 0.5) is 0 Å². The van der Waals surface area contributed by atoms with Gasteiger partial charge >= 0.3 is 0 Å². The Labute approximate surface area is 277 Å². The number of benzene rings is 6. The van der Waals surface area contributed by atoms with Crippen LogP contribution >= 0.6 is 0 Å². The molecule has 0 unspecified atom stereocenters. The summed E-state index contributed by atoms with van der Waals surface area (Å²) in [7, 11) is 0. The smallest absolute Gasteiger partial charge is 0.145 e. The molecular formula is C44H29N3O. The molecule has 0 saturated carbocycles. The monoisotopic (exact) mass is 615 g/mol. The summed E-state index contributed by atoms with van der Waals surface area (Å²) in [4.78, 5) is 10.0. The lowest BCUT2D eigenvalue weighted by Crippen LogP contribution is -1.97. The van der Waals surface area contributed by atoms with Gasteiger partial charge in [-0.1, -0.05) is 103 Å². The van der Waals surface area contributed by atoms with Crippen molar-refractivity contribution in [3.8, 4) is 56.2 Å². The van der Waals surface area contributed by atoms with Gasteiger partial charge in [0.05, 0.1) is 16.9 Å². The maximum absolute atomic E-state index is 11.2. The Morgan fingerprint density at radius 1 is 0.458 bits per heavy atom. The van der Waals surface area contributed by atoms with Crippen LogP contribution in [-0.2, 0) is 0 Å². The first kappa shape index (κ1) is 27.8. The molecule has 4 nitrogen and oxygen atoms in total. The molecule has 3 heterocycles. The van der Waals surface area contributed by atoms with E-state index in [1.54, 1.807) is 6.07 Å². The number of rotatable bonds is 5. The highest BCUT2D eigenvalue weighted by molar-refractivity contribution is 6.07. The Morgan fingerprint density at radius 3 is 2.10 bits per heavy atom. The Bertz CT molecular complexity index is 2590. The molecule has 1 N–H and O–H groups in total. The van der Waals surface area contributed by atoms with E-state index in [-0.39, 0.29) is 5.75 Å². The molecule has 0 radical (unpaired) electrons. The molecule has 0 aliphatic rings. The van der Waals surface area contributed by atoms with Gasteiger partial charge < -0.3 is 5.11 Å². The SMILES string of the molecule is Oc1ccc(-c2ccccc2)cc1-c1cc(-c2ccc3ccccc3c2)cc(-c2cccc(-n3c4ccccc4c4cccnc43)c2)n1. The molecule has 3 aromatic heterocycles. The Kier molecular flexibility index (Phi) is 6.58. The average molecular weight is 616 g/mol. The quantitative estimate of drug-likeness (QED) is 0.210. The highest BCUT2D eigenvalue weighted by Gasteiger charge is 2.16. The number of aromatic nitrogens is 3. The first-order chi connectivity index (χ1) is 23.7. The van der Waals surface area contributed by atoms with E-state index in [4.69, 9.17) is 9.97 Å². The second-order valence-corrected chi connectivity index (χ2v) is 12.1. The number of phenolic OH excluding ortho intramolecular Hbond substituents is 1. The molecule has 0 aliphatic carbocycles.